The first-order valence-corrected chi connectivity index (χ1v) is 6.40. The molecule has 1 amide bonds. The number of alkyl carbamates (subject to hydrolysis) is 1. The fraction of sp³-hybridized carbons (Fsp3) is 0.846. The minimum Gasteiger partial charge on any atom is -0.453 e. The van der Waals surface area contributed by atoms with Crippen LogP contribution < -0.4 is 5.32 Å². The molecule has 0 aromatic carbocycles. The third-order valence-electron chi connectivity index (χ3n) is 3.36. The van der Waals surface area contributed by atoms with Gasteiger partial charge < -0.3 is 14.8 Å². The number of amides is 1. The molecule has 18 heavy (non-hydrogen) atoms. The molecule has 104 valence electrons. The molecule has 5 heteroatoms. The monoisotopic (exact) mass is 257 g/mol. The summed E-state index contributed by atoms with van der Waals surface area (Å²) in [6, 6.07) is -0.467. The molecule has 5 nitrogen and oxygen atoms in total. The van der Waals surface area contributed by atoms with Crippen molar-refractivity contribution < 1.29 is 19.1 Å². The first kappa shape index (κ1) is 15.0. The average molecular weight is 257 g/mol. The van der Waals surface area contributed by atoms with Crippen LogP contribution in [0.2, 0.25) is 0 Å². The maximum Gasteiger partial charge on any atom is 0.407 e. The van der Waals surface area contributed by atoms with E-state index in [2.05, 4.69) is 10.1 Å². The molecule has 1 aliphatic heterocycles. The van der Waals surface area contributed by atoms with E-state index in [0.717, 1.165) is 12.8 Å². The SMILES string of the molecule is CCC(=O)C(NC(=O)OC)C1CCOC(C)(C)C1. The second-order valence-electron chi connectivity index (χ2n) is 5.29. The van der Waals surface area contributed by atoms with Crippen LogP contribution in [0.5, 0.6) is 0 Å². The van der Waals surface area contributed by atoms with Crippen molar-refractivity contribution in [1.82, 2.24) is 5.32 Å². The van der Waals surface area contributed by atoms with E-state index in [9.17, 15) is 9.59 Å². The second kappa shape index (κ2) is 6.18. The Hall–Kier alpha value is -1.10. The number of rotatable bonds is 4. The molecule has 1 rings (SSSR count). The highest BCUT2D eigenvalue weighted by Gasteiger charge is 2.36. The topological polar surface area (TPSA) is 64.6 Å². The van der Waals surface area contributed by atoms with Crippen molar-refractivity contribution in [2.75, 3.05) is 13.7 Å². The molecule has 0 aromatic heterocycles. The molecule has 2 atom stereocenters. The molecule has 1 fully saturated rings. The van der Waals surface area contributed by atoms with Gasteiger partial charge >= 0.3 is 6.09 Å². The minimum atomic E-state index is -0.550. The van der Waals surface area contributed by atoms with Gasteiger partial charge in [0.2, 0.25) is 0 Å². The number of ether oxygens (including phenoxy) is 2. The zero-order valence-electron chi connectivity index (χ0n) is 11.6. The summed E-state index contributed by atoms with van der Waals surface area (Å²) >= 11 is 0. The van der Waals surface area contributed by atoms with Gasteiger partial charge in [-0.05, 0) is 32.6 Å². The van der Waals surface area contributed by atoms with Crippen molar-refractivity contribution in [1.29, 1.82) is 0 Å². The van der Waals surface area contributed by atoms with E-state index in [4.69, 9.17) is 4.74 Å². The second-order valence-corrected chi connectivity index (χ2v) is 5.29. The average Bonchev–Trinajstić information content (AvgIpc) is 2.33. The van der Waals surface area contributed by atoms with Crippen LogP contribution in [0.25, 0.3) is 0 Å². The standard InChI is InChI=1S/C13H23NO4/c1-5-10(15)11(14-12(16)17-4)9-6-7-18-13(2,3)8-9/h9,11H,5-8H2,1-4H3,(H,14,16). The fourth-order valence-corrected chi connectivity index (χ4v) is 2.43. The number of hydrogen-bond acceptors (Lipinski definition) is 4. The Morgan fingerprint density at radius 3 is 2.67 bits per heavy atom. The smallest absolute Gasteiger partial charge is 0.407 e. The normalized spacial score (nSPS) is 24.1. The summed E-state index contributed by atoms with van der Waals surface area (Å²) in [6.07, 6.45) is 1.40. The summed E-state index contributed by atoms with van der Waals surface area (Å²) in [7, 11) is 1.30. The van der Waals surface area contributed by atoms with Crippen molar-refractivity contribution in [2.24, 2.45) is 5.92 Å². The van der Waals surface area contributed by atoms with Gasteiger partial charge in [-0.2, -0.15) is 0 Å². The molecule has 0 aliphatic carbocycles. The Kier molecular flexibility index (Phi) is 5.14. The van der Waals surface area contributed by atoms with E-state index >= 15 is 0 Å². The van der Waals surface area contributed by atoms with Crippen LogP contribution >= 0.6 is 0 Å². The maximum absolute atomic E-state index is 12.0. The first-order valence-electron chi connectivity index (χ1n) is 6.40. The van der Waals surface area contributed by atoms with Gasteiger partial charge in [0, 0.05) is 13.0 Å². The number of hydrogen-bond donors (Lipinski definition) is 1. The van der Waals surface area contributed by atoms with E-state index in [1.54, 1.807) is 6.92 Å². The van der Waals surface area contributed by atoms with Crippen molar-refractivity contribution in [3.63, 3.8) is 0 Å². The third kappa shape index (κ3) is 3.98. The van der Waals surface area contributed by atoms with Crippen LogP contribution in [0.1, 0.15) is 40.0 Å². The van der Waals surface area contributed by atoms with E-state index in [1.165, 1.54) is 7.11 Å². The highest BCUT2D eigenvalue weighted by molar-refractivity contribution is 5.87. The Bertz CT molecular complexity index is 314. The van der Waals surface area contributed by atoms with Crippen molar-refractivity contribution in [3.8, 4) is 0 Å². The largest absolute Gasteiger partial charge is 0.453 e. The van der Waals surface area contributed by atoms with Gasteiger partial charge in [-0.25, -0.2) is 4.79 Å². The van der Waals surface area contributed by atoms with E-state index < -0.39 is 12.1 Å². The summed E-state index contributed by atoms with van der Waals surface area (Å²) in [5.74, 6) is 0.156. The lowest BCUT2D eigenvalue weighted by atomic mass is 9.81. The molecule has 1 N–H and O–H groups in total. The van der Waals surface area contributed by atoms with Crippen LogP contribution in [0.3, 0.4) is 0 Å². The van der Waals surface area contributed by atoms with Crippen molar-refractivity contribution >= 4 is 11.9 Å². The van der Waals surface area contributed by atoms with Crippen LogP contribution in [-0.4, -0.2) is 37.2 Å². The molecular weight excluding hydrogens is 234 g/mol. The Balaban J connectivity index is 2.75. The highest BCUT2D eigenvalue weighted by atomic mass is 16.5. The number of nitrogens with one attached hydrogen (secondary N) is 1. The van der Waals surface area contributed by atoms with Gasteiger partial charge in [-0.3, -0.25) is 4.79 Å². The maximum atomic E-state index is 12.0. The zero-order valence-corrected chi connectivity index (χ0v) is 11.6. The molecule has 1 saturated heterocycles. The van der Waals surface area contributed by atoms with Crippen LogP contribution in [0.15, 0.2) is 0 Å². The van der Waals surface area contributed by atoms with E-state index in [1.807, 2.05) is 13.8 Å². The first-order chi connectivity index (χ1) is 8.39. The van der Waals surface area contributed by atoms with Gasteiger partial charge in [0.05, 0.1) is 18.8 Å². The van der Waals surface area contributed by atoms with Gasteiger partial charge in [0.25, 0.3) is 0 Å². The molecule has 0 aromatic rings. The number of carbonyl (C=O) groups is 2. The number of methoxy groups -OCH3 is 1. The minimum absolute atomic E-state index is 0.0445. The van der Waals surface area contributed by atoms with Gasteiger partial charge in [0.1, 0.15) is 0 Å². The summed E-state index contributed by atoms with van der Waals surface area (Å²) in [6.45, 7) is 6.43. The van der Waals surface area contributed by atoms with Crippen LogP contribution in [0, 0.1) is 5.92 Å². The van der Waals surface area contributed by atoms with Gasteiger partial charge in [-0.1, -0.05) is 6.92 Å². The molecule has 0 saturated carbocycles. The van der Waals surface area contributed by atoms with Crippen LogP contribution in [0.4, 0.5) is 4.79 Å². The lowest BCUT2D eigenvalue weighted by Crippen LogP contribution is -2.50. The summed E-state index contributed by atoms with van der Waals surface area (Å²) in [5, 5.41) is 2.66. The fourth-order valence-electron chi connectivity index (χ4n) is 2.43. The Labute approximate surface area is 108 Å². The Morgan fingerprint density at radius 1 is 1.50 bits per heavy atom. The predicted octanol–water partition coefficient (Wildman–Crippen LogP) is 1.90. The molecule has 1 aliphatic rings. The van der Waals surface area contributed by atoms with Gasteiger partial charge in [0.15, 0.2) is 5.78 Å². The highest BCUT2D eigenvalue weighted by Crippen LogP contribution is 2.31. The van der Waals surface area contributed by atoms with E-state index in [0.29, 0.717) is 13.0 Å². The number of Topliss-reactive ketones (excluding diaryl/α,β-unsaturated/α-hetero) is 1. The lowest BCUT2D eigenvalue weighted by Gasteiger charge is -2.38. The lowest BCUT2D eigenvalue weighted by molar-refractivity contribution is -0.125. The molecular formula is C13H23NO4. The molecule has 0 radical (unpaired) electrons. The molecule has 2 unspecified atom stereocenters. The zero-order chi connectivity index (χ0) is 13.8. The summed E-state index contributed by atoms with van der Waals surface area (Å²) < 4.78 is 10.2. The van der Waals surface area contributed by atoms with E-state index in [-0.39, 0.29) is 17.3 Å². The number of ketones is 1. The summed E-state index contributed by atoms with van der Waals surface area (Å²) in [5.41, 5.74) is -0.243. The van der Waals surface area contributed by atoms with Gasteiger partial charge in [-0.15, -0.1) is 0 Å². The molecule has 1 heterocycles. The number of carbonyl (C=O) groups excluding carboxylic acids is 2. The third-order valence-corrected chi connectivity index (χ3v) is 3.36. The molecule has 0 bridgehead atoms. The van der Waals surface area contributed by atoms with Crippen molar-refractivity contribution in [3.05, 3.63) is 0 Å². The van der Waals surface area contributed by atoms with Crippen molar-refractivity contribution in [2.45, 2.75) is 51.7 Å². The quantitative estimate of drug-likeness (QED) is 0.835. The van der Waals surface area contributed by atoms with Crippen LogP contribution in [-0.2, 0) is 14.3 Å². The Morgan fingerprint density at radius 2 is 2.17 bits per heavy atom. The summed E-state index contributed by atoms with van der Waals surface area (Å²) in [4.78, 5) is 23.3. The predicted molar refractivity (Wildman–Crippen MR) is 67.4 cm³/mol. The molecule has 0 spiro atoms.